The first-order chi connectivity index (χ1) is 16.9. The molecule has 0 aromatic heterocycles. The van der Waals surface area contributed by atoms with Gasteiger partial charge in [0.25, 0.3) is 0 Å². The number of rotatable bonds is 9. The largest absolute Gasteiger partial charge is 0.492 e. The SMILES string of the molecule is COCCCNC(=O)[C@H]1Cc2cc(C(F)(F)F)ccc2N2CCN(CCOc3ccccc3)C[C@H]12. The van der Waals surface area contributed by atoms with E-state index in [1.807, 2.05) is 30.3 Å². The number of alkyl halides is 3. The van der Waals surface area contributed by atoms with Gasteiger partial charge in [0.15, 0.2) is 0 Å². The number of piperazine rings is 1. The maximum absolute atomic E-state index is 13.4. The van der Waals surface area contributed by atoms with Crippen LogP contribution in [0.2, 0.25) is 0 Å². The molecule has 2 aromatic rings. The Labute approximate surface area is 204 Å². The number of carbonyl (C=O) groups excluding carboxylic acids is 1. The number of methoxy groups -OCH3 is 1. The molecule has 0 radical (unpaired) electrons. The summed E-state index contributed by atoms with van der Waals surface area (Å²) in [5.41, 5.74) is 0.700. The fourth-order valence-corrected chi connectivity index (χ4v) is 4.93. The maximum Gasteiger partial charge on any atom is 0.416 e. The summed E-state index contributed by atoms with van der Waals surface area (Å²) in [4.78, 5) is 17.6. The molecule has 0 aliphatic carbocycles. The van der Waals surface area contributed by atoms with Crippen LogP contribution in [-0.2, 0) is 22.1 Å². The van der Waals surface area contributed by atoms with Crippen LogP contribution in [0.1, 0.15) is 17.5 Å². The number of fused-ring (bicyclic) bond motifs is 3. The highest BCUT2D eigenvalue weighted by atomic mass is 19.4. The second-order valence-electron chi connectivity index (χ2n) is 9.01. The van der Waals surface area contributed by atoms with Crippen molar-refractivity contribution in [3.8, 4) is 5.75 Å². The average molecular weight is 492 g/mol. The molecule has 0 bridgehead atoms. The van der Waals surface area contributed by atoms with E-state index >= 15 is 0 Å². The Morgan fingerprint density at radius 1 is 1.11 bits per heavy atom. The number of nitrogens with one attached hydrogen (secondary N) is 1. The molecule has 2 aliphatic rings. The summed E-state index contributed by atoms with van der Waals surface area (Å²) in [6.45, 7) is 4.28. The quantitative estimate of drug-likeness (QED) is 0.544. The molecule has 4 rings (SSSR count). The van der Waals surface area contributed by atoms with Crippen molar-refractivity contribution in [3.05, 3.63) is 59.7 Å². The minimum Gasteiger partial charge on any atom is -0.492 e. The van der Waals surface area contributed by atoms with Crippen LogP contribution in [0, 0.1) is 5.92 Å². The number of amides is 1. The monoisotopic (exact) mass is 491 g/mol. The molecule has 2 heterocycles. The molecular formula is C26H32F3N3O3. The molecule has 0 saturated carbocycles. The van der Waals surface area contributed by atoms with Crippen molar-refractivity contribution in [2.45, 2.75) is 25.1 Å². The fourth-order valence-electron chi connectivity index (χ4n) is 4.93. The summed E-state index contributed by atoms with van der Waals surface area (Å²) in [6, 6.07) is 13.4. The standard InChI is InChI=1S/C26H32F3N3O3/c1-34-14-5-10-30-25(33)22-17-19-16-20(26(27,28)29)8-9-23(19)32-12-11-31(18-24(22)32)13-15-35-21-6-3-2-4-7-21/h2-4,6-9,16,22,24H,5,10-15,17-18H2,1H3,(H,30,33)/t22-,24+/m0/s1. The van der Waals surface area contributed by atoms with Gasteiger partial charge >= 0.3 is 6.18 Å². The Hall–Kier alpha value is -2.78. The molecule has 1 amide bonds. The normalized spacial score (nSPS) is 20.2. The van der Waals surface area contributed by atoms with Gasteiger partial charge in [0.2, 0.25) is 5.91 Å². The molecule has 2 aliphatic heterocycles. The van der Waals surface area contributed by atoms with Crippen molar-refractivity contribution in [2.24, 2.45) is 5.92 Å². The van der Waals surface area contributed by atoms with E-state index in [2.05, 4.69) is 15.1 Å². The van der Waals surface area contributed by atoms with Crippen molar-refractivity contribution >= 4 is 11.6 Å². The van der Waals surface area contributed by atoms with E-state index < -0.39 is 17.7 Å². The third kappa shape index (κ3) is 6.27. The van der Waals surface area contributed by atoms with Gasteiger partial charge in [0.05, 0.1) is 17.5 Å². The maximum atomic E-state index is 13.4. The van der Waals surface area contributed by atoms with E-state index in [4.69, 9.17) is 9.47 Å². The number of nitrogens with zero attached hydrogens (tertiary/aromatic N) is 2. The summed E-state index contributed by atoms with van der Waals surface area (Å²) in [5, 5.41) is 2.96. The first-order valence-corrected chi connectivity index (χ1v) is 12.0. The smallest absolute Gasteiger partial charge is 0.416 e. The van der Waals surface area contributed by atoms with E-state index in [0.717, 1.165) is 24.0 Å². The number of hydrogen-bond acceptors (Lipinski definition) is 5. The van der Waals surface area contributed by atoms with E-state index in [1.165, 1.54) is 6.07 Å². The number of halogens is 3. The minimum absolute atomic E-state index is 0.118. The van der Waals surface area contributed by atoms with E-state index in [1.54, 1.807) is 13.2 Å². The molecule has 9 heteroatoms. The van der Waals surface area contributed by atoms with Crippen LogP contribution in [-0.4, -0.2) is 69.9 Å². The van der Waals surface area contributed by atoms with Crippen molar-refractivity contribution in [3.63, 3.8) is 0 Å². The molecule has 2 aromatic carbocycles. The third-order valence-electron chi connectivity index (χ3n) is 6.70. The number of carbonyl (C=O) groups is 1. The van der Waals surface area contributed by atoms with Gasteiger partial charge in [0.1, 0.15) is 12.4 Å². The Morgan fingerprint density at radius 2 is 1.91 bits per heavy atom. The van der Waals surface area contributed by atoms with Crippen LogP contribution in [0.5, 0.6) is 5.75 Å². The van der Waals surface area contributed by atoms with E-state index in [-0.39, 0.29) is 18.4 Å². The zero-order valence-corrected chi connectivity index (χ0v) is 19.9. The summed E-state index contributed by atoms with van der Waals surface area (Å²) in [6.07, 6.45) is -3.45. The molecule has 190 valence electrons. The molecule has 1 saturated heterocycles. The lowest BCUT2D eigenvalue weighted by Crippen LogP contribution is -2.61. The van der Waals surface area contributed by atoms with Crippen molar-refractivity contribution in [2.75, 3.05) is 57.9 Å². The highest BCUT2D eigenvalue weighted by Crippen LogP contribution is 2.39. The second-order valence-corrected chi connectivity index (χ2v) is 9.01. The van der Waals surface area contributed by atoms with Gasteiger partial charge in [-0.1, -0.05) is 18.2 Å². The lowest BCUT2D eigenvalue weighted by atomic mass is 9.82. The Bertz CT molecular complexity index is 987. The predicted molar refractivity (Wildman–Crippen MR) is 128 cm³/mol. The molecule has 2 atom stereocenters. The minimum atomic E-state index is -4.42. The summed E-state index contributed by atoms with van der Waals surface area (Å²) < 4.78 is 51.0. The van der Waals surface area contributed by atoms with Crippen LogP contribution < -0.4 is 15.0 Å². The zero-order chi connectivity index (χ0) is 24.8. The van der Waals surface area contributed by atoms with Crippen LogP contribution >= 0.6 is 0 Å². The van der Waals surface area contributed by atoms with Gasteiger partial charge in [-0.15, -0.1) is 0 Å². The second kappa shape index (κ2) is 11.3. The number of anilines is 1. The number of benzene rings is 2. The molecule has 1 fully saturated rings. The van der Waals surface area contributed by atoms with E-state index in [9.17, 15) is 18.0 Å². The number of ether oxygens (including phenoxy) is 2. The average Bonchev–Trinajstić information content (AvgIpc) is 2.85. The van der Waals surface area contributed by atoms with Gasteiger partial charge in [-0.3, -0.25) is 9.69 Å². The van der Waals surface area contributed by atoms with Gasteiger partial charge in [-0.25, -0.2) is 0 Å². The lowest BCUT2D eigenvalue weighted by molar-refractivity contribution is -0.137. The predicted octanol–water partition coefficient (Wildman–Crippen LogP) is 3.60. The Kier molecular flexibility index (Phi) is 8.18. The van der Waals surface area contributed by atoms with Crippen LogP contribution in [0.25, 0.3) is 0 Å². The number of para-hydroxylation sites is 1. The van der Waals surface area contributed by atoms with Crippen LogP contribution in [0.4, 0.5) is 18.9 Å². The lowest BCUT2D eigenvalue weighted by Gasteiger charge is -2.49. The van der Waals surface area contributed by atoms with Gasteiger partial charge in [-0.05, 0) is 48.7 Å². The molecule has 1 N–H and O–H groups in total. The molecule has 0 spiro atoms. The third-order valence-corrected chi connectivity index (χ3v) is 6.70. The van der Waals surface area contributed by atoms with E-state index in [0.29, 0.717) is 51.4 Å². The number of hydrogen-bond donors (Lipinski definition) is 1. The highest BCUT2D eigenvalue weighted by Gasteiger charge is 2.42. The van der Waals surface area contributed by atoms with Gasteiger partial charge in [-0.2, -0.15) is 13.2 Å². The summed E-state index contributed by atoms with van der Waals surface area (Å²) in [5.74, 6) is 0.249. The fraction of sp³-hybridized carbons (Fsp3) is 0.500. The summed E-state index contributed by atoms with van der Waals surface area (Å²) >= 11 is 0. The van der Waals surface area contributed by atoms with Gasteiger partial charge < -0.3 is 19.7 Å². The van der Waals surface area contributed by atoms with Crippen molar-refractivity contribution in [1.29, 1.82) is 0 Å². The van der Waals surface area contributed by atoms with Gasteiger partial charge in [0, 0.05) is 52.1 Å². The Balaban J connectivity index is 1.48. The molecule has 35 heavy (non-hydrogen) atoms. The summed E-state index contributed by atoms with van der Waals surface area (Å²) in [7, 11) is 1.61. The first-order valence-electron chi connectivity index (χ1n) is 12.0. The van der Waals surface area contributed by atoms with Crippen LogP contribution in [0.3, 0.4) is 0 Å². The molecule has 6 nitrogen and oxygen atoms in total. The molecule has 0 unspecified atom stereocenters. The first kappa shape index (κ1) is 25.3. The molecular weight excluding hydrogens is 459 g/mol. The van der Waals surface area contributed by atoms with Crippen molar-refractivity contribution < 1.29 is 27.4 Å². The van der Waals surface area contributed by atoms with Crippen LogP contribution in [0.15, 0.2) is 48.5 Å². The Morgan fingerprint density at radius 3 is 2.66 bits per heavy atom. The topological polar surface area (TPSA) is 54.0 Å². The highest BCUT2D eigenvalue weighted by molar-refractivity contribution is 5.82. The zero-order valence-electron chi connectivity index (χ0n) is 19.9. The van der Waals surface area contributed by atoms with Crippen molar-refractivity contribution in [1.82, 2.24) is 10.2 Å².